The SMILES string of the molecule is COc1ccc(NC(=O)C(C)Sc2nnc(-c3ccc(C(C)(C)C)cc3)n2C)cc1. The van der Waals surface area contributed by atoms with Crippen molar-refractivity contribution < 1.29 is 9.53 Å². The van der Waals surface area contributed by atoms with E-state index in [0.717, 1.165) is 22.8 Å². The van der Waals surface area contributed by atoms with Crippen LogP contribution in [0.3, 0.4) is 0 Å². The minimum atomic E-state index is -0.328. The Balaban J connectivity index is 1.68. The van der Waals surface area contributed by atoms with Gasteiger partial charge in [0.25, 0.3) is 0 Å². The maximum atomic E-state index is 12.6. The van der Waals surface area contributed by atoms with Crippen LogP contribution in [0.4, 0.5) is 5.69 Å². The predicted molar refractivity (Wildman–Crippen MR) is 122 cm³/mol. The predicted octanol–water partition coefficient (Wildman–Crippen LogP) is 4.91. The smallest absolute Gasteiger partial charge is 0.237 e. The third-order valence-electron chi connectivity index (χ3n) is 4.85. The summed E-state index contributed by atoms with van der Waals surface area (Å²) >= 11 is 1.38. The van der Waals surface area contributed by atoms with Gasteiger partial charge in [-0.05, 0) is 42.2 Å². The number of hydrogen-bond acceptors (Lipinski definition) is 5. The molecule has 0 aliphatic rings. The second-order valence-electron chi connectivity index (χ2n) is 8.17. The van der Waals surface area contributed by atoms with Gasteiger partial charge in [-0.2, -0.15) is 0 Å². The number of aromatic nitrogens is 3. The topological polar surface area (TPSA) is 69.0 Å². The van der Waals surface area contributed by atoms with Crippen LogP contribution in [0.1, 0.15) is 33.3 Å². The van der Waals surface area contributed by atoms with Gasteiger partial charge in [-0.3, -0.25) is 4.79 Å². The lowest BCUT2D eigenvalue weighted by Crippen LogP contribution is -2.22. The number of carbonyl (C=O) groups excluding carboxylic acids is 1. The lowest BCUT2D eigenvalue weighted by atomic mass is 9.87. The van der Waals surface area contributed by atoms with Crippen LogP contribution >= 0.6 is 11.8 Å². The molecule has 6 nitrogen and oxygen atoms in total. The first-order valence-electron chi connectivity index (χ1n) is 9.81. The number of anilines is 1. The number of benzene rings is 2. The van der Waals surface area contributed by atoms with Crippen LogP contribution in [0.15, 0.2) is 53.7 Å². The number of rotatable bonds is 6. The van der Waals surface area contributed by atoms with E-state index in [4.69, 9.17) is 4.74 Å². The number of nitrogens with zero attached hydrogens (tertiary/aromatic N) is 3. The zero-order valence-corrected chi connectivity index (χ0v) is 19.1. The molecule has 3 aromatic rings. The molecule has 0 bridgehead atoms. The molecule has 0 radical (unpaired) electrons. The van der Waals surface area contributed by atoms with Crippen molar-refractivity contribution in [3.05, 3.63) is 54.1 Å². The Hall–Kier alpha value is -2.80. The molecule has 0 spiro atoms. The standard InChI is InChI=1S/C23H28N4O2S/c1-15(21(28)24-18-11-13-19(29-6)14-12-18)30-22-26-25-20(27(22)5)16-7-9-17(10-8-16)23(2,3)4/h7-15H,1-6H3,(H,24,28). The van der Waals surface area contributed by atoms with E-state index >= 15 is 0 Å². The first-order chi connectivity index (χ1) is 14.2. The van der Waals surface area contributed by atoms with Crippen molar-refractivity contribution >= 4 is 23.4 Å². The van der Waals surface area contributed by atoms with Gasteiger partial charge in [0.1, 0.15) is 5.75 Å². The van der Waals surface area contributed by atoms with Crippen molar-refractivity contribution in [2.75, 3.05) is 12.4 Å². The van der Waals surface area contributed by atoms with Gasteiger partial charge in [0.05, 0.1) is 12.4 Å². The molecular formula is C23H28N4O2S. The van der Waals surface area contributed by atoms with Gasteiger partial charge in [-0.1, -0.05) is 56.8 Å². The van der Waals surface area contributed by atoms with Crippen molar-refractivity contribution in [1.82, 2.24) is 14.8 Å². The number of methoxy groups -OCH3 is 1. The molecule has 0 fully saturated rings. The van der Waals surface area contributed by atoms with Crippen molar-refractivity contribution in [2.45, 2.75) is 43.5 Å². The van der Waals surface area contributed by atoms with Crippen LogP contribution in [0.5, 0.6) is 5.75 Å². The highest BCUT2D eigenvalue weighted by atomic mass is 32.2. The van der Waals surface area contributed by atoms with Gasteiger partial charge in [-0.25, -0.2) is 0 Å². The third kappa shape index (κ3) is 5.02. The van der Waals surface area contributed by atoms with Crippen LogP contribution < -0.4 is 10.1 Å². The van der Waals surface area contributed by atoms with E-state index in [0.29, 0.717) is 5.16 Å². The monoisotopic (exact) mass is 424 g/mol. The van der Waals surface area contributed by atoms with Gasteiger partial charge < -0.3 is 14.6 Å². The van der Waals surface area contributed by atoms with Crippen LogP contribution in [0.2, 0.25) is 0 Å². The molecular weight excluding hydrogens is 396 g/mol. The van der Waals surface area contributed by atoms with E-state index < -0.39 is 0 Å². The zero-order chi connectivity index (χ0) is 21.9. The second kappa shape index (κ2) is 8.92. The number of carbonyl (C=O) groups is 1. The lowest BCUT2D eigenvalue weighted by molar-refractivity contribution is -0.115. The minimum absolute atomic E-state index is 0.0933. The van der Waals surface area contributed by atoms with Crippen LogP contribution in [0.25, 0.3) is 11.4 Å². The summed E-state index contributed by atoms with van der Waals surface area (Å²) in [4.78, 5) is 12.6. The fourth-order valence-corrected chi connectivity index (χ4v) is 3.73. The summed E-state index contributed by atoms with van der Waals surface area (Å²) < 4.78 is 7.07. The van der Waals surface area contributed by atoms with Gasteiger partial charge >= 0.3 is 0 Å². The molecule has 1 N–H and O–H groups in total. The summed E-state index contributed by atoms with van der Waals surface area (Å²) in [6.07, 6.45) is 0. The molecule has 2 aromatic carbocycles. The van der Waals surface area contributed by atoms with Gasteiger partial charge in [0.2, 0.25) is 5.91 Å². The number of thioether (sulfide) groups is 1. The first kappa shape index (κ1) is 21.9. The van der Waals surface area contributed by atoms with E-state index in [1.165, 1.54) is 17.3 Å². The molecule has 1 amide bonds. The summed E-state index contributed by atoms with van der Waals surface area (Å²) in [5.74, 6) is 1.43. The summed E-state index contributed by atoms with van der Waals surface area (Å²) in [6, 6.07) is 15.6. The van der Waals surface area contributed by atoms with Crippen LogP contribution in [-0.2, 0) is 17.3 Å². The Labute approximate surface area is 182 Å². The summed E-state index contributed by atoms with van der Waals surface area (Å²) in [5.41, 5.74) is 3.10. The molecule has 158 valence electrons. The molecule has 0 aliphatic heterocycles. The summed E-state index contributed by atoms with van der Waals surface area (Å²) in [6.45, 7) is 8.43. The molecule has 0 aliphatic carbocycles. The van der Waals surface area contributed by atoms with Crippen LogP contribution in [0, 0.1) is 0 Å². The van der Waals surface area contributed by atoms with Gasteiger partial charge in [0, 0.05) is 18.3 Å². The first-order valence-corrected chi connectivity index (χ1v) is 10.7. The Bertz CT molecular complexity index is 1010. The Morgan fingerprint density at radius 2 is 1.70 bits per heavy atom. The number of amides is 1. The molecule has 1 aromatic heterocycles. The molecule has 0 saturated carbocycles. The molecule has 30 heavy (non-hydrogen) atoms. The Morgan fingerprint density at radius 1 is 1.07 bits per heavy atom. The highest BCUT2D eigenvalue weighted by molar-refractivity contribution is 8.00. The number of nitrogens with one attached hydrogen (secondary N) is 1. The van der Waals surface area contributed by atoms with Crippen molar-refractivity contribution in [3.8, 4) is 17.1 Å². The average molecular weight is 425 g/mol. The van der Waals surface area contributed by atoms with Crippen molar-refractivity contribution in [3.63, 3.8) is 0 Å². The fraction of sp³-hybridized carbons (Fsp3) is 0.348. The van der Waals surface area contributed by atoms with E-state index in [-0.39, 0.29) is 16.6 Å². The summed E-state index contributed by atoms with van der Waals surface area (Å²) in [5, 5.41) is 11.9. The van der Waals surface area contributed by atoms with E-state index in [9.17, 15) is 4.79 Å². The quantitative estimate of drug-likeness (QED) is 0.570. The zero-order valence-electron chi connectivity index (χ0n) is 18.3. The molecule has 0 saturated heterocycles. The van der Waals surface area contributed by atoms with Crippen molar-refractivity contribution in [1.29, 1.82) is 0 Å². The largest absolute Gasteiger partial charge is 0.497 e. The highest BCUT2D eigenvalue weighted by Gasteiger charge is 2.20. The molecule has 1 unspecified atom stereocenters. The van der Waals surface area contributed by atoms with Crippen molar-refractivity contribution in [2.24, 2.45) is 7.05 Å². The average Bonchev–Trinajstić information content (AvgIpc) is 3.08. The summed E-state index contributed by atoms with van der Waals surface area (Å²) in [7, 11) is 3.53. The third-order valence-corrected chi connectivity index (χ3v) is 5.99. The van der Waals surface area contributed by atoms with Crippen LogP contribution in [-0.4, -0.2) is 33.0 Å². The molecule has 1 atom stereocenters. The molecule has 1 heterocycles. The maximum absolute atomic E-state index is 12.6. The molecule has 3 rings (SSSR count). The minimum Gasteiger partial charge on any atom is -0.497 e. The Kier molecular flexibility index (Phi) is 6.51. The van der Waals surface area contributed by atoms with E-state index in [1.807, 2.05) is 42.8 Å². The van der Waals surface area contributed by atoms with E-state index in [1.54, 1.807) is 7.11 Å². The maximum Gasteiger partial charge on any atom is 0.237 e. The van der Waals surface area contributed by atoms with Gasteiger partial charge in [0.15, 0.2) is 11.0 Å². The molecule has 7 heteroatoms. The fourth-order valence-electron chi connectivity index (χ4n) is 2.92. The lowest BCUT2D eigenvalue weighted by Gasteiger charge is -2.19. The normalized spacial score (nSPS) is 12.5. The number of hydrogen-bond donors (Lipinski definition) is 1. The van der Waals surface area contributed by atoms with E-state index in [2.05, 4.69) is 60.6 Å². The number of ether oxygens (including phenoxy) is 1. The Morgan fingerprint density at radius 3 is 2.27 bits per heavy atom. The second-order valence-corrected chi connectivity index (χ2v) is 9.48. The van der Waals surface area contributed by atoms with Gasteiger partial charge in [-0.15, -0.1) is 10.2 Å². The highest BCUT2D eigenvalue weighted by Crippen LogP contribution is 2.28.